The molecule has 1 aliphatic rings. The zero-order chi connectivity index (χ0) is 20.0. The lowest BCUT2D eigenvalue weighted by molar-refractivity contribution is -0.277. The fraction of sp³-hybridized carbons (Fsp3) is 0.533. The lowest BCUT2D eigenvalue weighted by atomic mass is 9.95. The number of aryl methyl sites for hydroxylation is 1. The normalized spacial score (nSPS) is 23.1. The monoisotopic (exact) mass is 406 g/mol. The van der Waals surface area contributed by atoms with E-state index in [0.717, 1.165) is 0 Å². The van der Waals surface area contributed by atoms with Gasteiger partial charge in [-0.15, -0.1) is 10.2 Å². The third-order valence-electron chi connectivity index (χ3n) is 4.39. The van der Waals surface area contributed by atoms with Gasteiger partial charge < -0.3 is 15.3 Å². The molecule has 2 aromatic rings. The highest BCUT2D eigenvalue weighted by molar-refractivity contribution is 7.91. The third kappa shape index (κ3) is 3.38. The molecular weight excluding hydrogens is 389 g/mol. The van der Waals surface area contributed by atoms with Crippen molar-refractivity contribution < 1.29 is 31.1 Å². The number of alkyl halides is 3. The number of fused-ring (bicyclic) bond motifs is 5. The van der Waals surface area contributed by atoms with Gasteiger partial charge in [0.05, 0.1) is 11.4 Å². The number of hydrogen-bond acceptors (Lipinski definition) is 8. The van der Waals surface area contributed by atoms with Crippen LogP contribution in [-0.4, -0.2) is 40.6 Å². The van der Waals surface area contributed by atoms with Crippen LogP contribution in [0.2, 0.25) is 0 Å². The summed E-state index contributed by atoms with van der Waals surface area (Å²) in [7, 11) is -3.78. The first-order chi connectivity index (χ1) is 12.5. The van der Waals surface area contributed by atoms with E-state index in [1.807, 2.05) is 0 Å². The van der Waals surface area contributed by atoms with Crippen molar-refractivity contribution >= 4 is 15.5 Å². The minimum atomic E-state index is -5.06. The van der Waals surface area contributed by atoms with E-state index in [1.54, 1.807) is 0 Å². The molecule has 0 aliphatic carbocycles. The Bertz CT molecular complexity index is 974. The van der Waals surface area contributed by atoms with Crippen molar-refractivity contribution in [2.24, 2.45) is 0 Å². The first kappa shape index (κ1) is 19.5. The van der Waals surface area contributed by atoms with E-state index in [9.17, 15) is 26.7 Å². The van der Waals surface area contributed by atoms with Gasteiger partial charge in [-0.05, 0) is 37.8 Å². The minimum absolute atomic E-state index is 0.0351. The summed E-state index contributed by atoms with van der Waals surface area (Å²) in [6, 6.07) is 1.33. The number of aliphatic hydroxyl groups is 1. The molecule has 12 heteroatoms. The molecule has 1 unspecified atom stereocenters. The van der Waals surface area contributed by atoms with E-state index in [1.165, 1.54) is 13.0 Å². The topological polar surface area (TPSA) is 132 Å². The van der Waals surface area contributed by atoms with Crippen LogP contribution in [-0.2, 0) is 15.4 Å². The van der Waals surface area contributed by atoms with Crippen LogP contribution >= 0.6 is 0 Å². The van der Waals surface area contributed by atoms with Crippen molar-refractivity contribution in [3.05, 3.63) is 17.5 Å². The first-order valence-electron chi connectivity index (χ1n) is 8.09. The van der Waals surface area contributed by atoms with E-state index < -0.39 is 39.8 Å². The molecule has 3 heterocycles. The van der Waals surface area contributed by atoms with Crippen LogP contribution < -0.4 is 5.73 Å². The van der Waals surface area contributed by atoms with Crippen LogP contribution in [0.4, 0.5) is 18.9 Å². The molecule has 1 atom stereocenters. The Hall–Kier alpha value is -2.21. The van der Waals surface area contributed by atoms with Crippen LogP contribution in [0.15, 0.2) is 15.5 Å². The van der Waals surface area contributed by atoms with Crippen molar-refractivity contribution in [3.8, 4) is 11.6 Å². The van der Waals surface area contributed by atoms with Gasteiger partial charge in [-0.25, -0.2) is 13.4 Å². The highest BCUT2D eigenvalue weighted by Gasteiger charge is 2.58. The number of aromatic nitrogens is 3. The molecule has 3 N–H and O–H groups in total. The number of nitrogens with zero attached hydrogens (tertiary/aromatic N) is 3. The van der Waals surface area contributed by atoms with Crippen LogP contribution in [0.1, 0.15) is 37.1 Å². The number of halogens is 3. The van der Waals surface area contributed by atoms with Gasteiger partial charge in [-0.1, -0.05) is 6.42 Å². The maximum Gasteiger partial charge on any atom is 0.426 e. The molecule has 0 spiro atoms. The van der Waals surface area contributed by atoms with Gasteiger partial charge in [0.2, 0.25) is 5.60 Å². The molecule has 0 amide bonds. The van der Waals surface area contributed by atoms with Crippen LogP contribution in [0.25, 0.3) is 11.6 Å². The molecule has 0 saturated heterocycles. The fourth-order valence-corrected chi connectivity index (χ4v) is 4.46. The summed E-state index contributed by atoms with van der Waals surface area (Å²) >= 11 is 0. The van der Waals surface area contributed by atoms with Crippen LogP contribution in [0.5, 0.6) is 0 Å². The summed E-state index contributed by atoms with van der Waals surface area (Å²) in [5.41, 5.74) is 2.50. The van der Waals surface area contributed by atoms with Crippen molar-refractivity contribution in [1.29, 1.82) is 0 Å². The summed E-state index contributed by atoms with van der Waals surface area (Å²) < 4.78 is 70.5. The van der Waals surface area contributed by atoms with Crippen molar-refractivity contribution in [3.63, 3.8) is 0 Å². The van der Waals surface area contributed by atoms with Gasteiger partial charge in [0.1, 0.15) is 0 Å². The Balaban J connectivity index is 2.22. The number of hydrogen-bond donors (Lipinski definition) is 2. The molecule has 0 saturated carbocycles. The van der Waals surface area contributed by atoms with Crippen LogP contribution in [0, 0.1) is 6.92 Å². The Labute approximate surface area is 152 Å². The van der Waals surface area contributed by atoms with Gasteiger partial charge in [0, 0.05) is 0 Å². The maximum absolute atomic E-state index is 13.5. The average Bonchev–Trinajstić information content (AvgIpc) is 3.02. The third-order valence-corrected chi connectivity index (χ3v) is 6.22. The molecule has 148 valence electrons. The van der Waals surface area contributed by atoms with Gasteiger partial charge in [0.25, 0.3) is 11.8 Å². The number of nitrogens with two attached hydrogens (primary N) is 1. The molecule has 0 aromatic carbocycles. The number of anilines is 1. The summed E-state index contributed by atoms with van der Waals surface area (Å²) in [5.74, 6) is -1.82. The van der Waals surface area contributed by atoms with Gasteiger partial charge in [-0.3, -0.25) is 0 Å². The SMILES string of the molecule is Cc1cc(N)c2nc1S(=O)(=O)CCCCCC(O)(C(F)(F)F)c1nnc-2o1. The predicted octanol–water partition coefficient (Wildman–Crippen LogP) is 2.12. The number of sulfone groups is 1. The molecule has 0 radical (unpaired) electrons. The number of nitrogen functional groups attached to an aromatic ring is 1. The van der Waals surface area contributed by atoms with E-state index in [-0.39, 0.29) is 41.4 Å². The molecule has 3 rings (SSSR count). The molecule has 27 heavy (non-hydrogen) atoms. The Morgan fingerprint density at radius 3 is 2.63 bits per heavy atom. The van der Waals surface area contributed by atoms with Gasteiger partial charge in [-0.2, -0.15) is 13.2 Å². The highest BCUT2D eigenvalue weighted by atomic mass is 32.2. The maximum atomic E-state index is 13.5. The van der Waals surface area contributed by atoms with E-state index in [0.29, 0.717) is 5.56 Å². The summed E-state index contributed by atoms with van der Waals surface area (Å²) in [4.78, 5) is 3.97. The Kier molecular flexibility index (Phi) is 4.67. The summed E-state index contributed by atoms with van der Waals surface area (Å²) in [6.07, 6.45) is -5.61. The van der Waals surface area contributed by atoms with Gasteiger partial charge >= 0.3 is 6.18 Å². The molecular formula is C15H17F3N4O4S. The number of pyridine rings is 1. The second-order valence-corrected chi connectivity index (χ2v) is 8.47. The Morgan fingerprint density at radius 1 is 1.26 bits per heavy atom. The van der Waals surface area contributed by atoms with E-state index in [2.05, 4.69) is 15.2 Å². The Morgan fingerprint density at radius 2 is 1.96 bits per heavy atom. The van der Waals surface area contributed by atoms with Crippen molar-refractivity contribution in [2.45, 2.75) is 49.4 Å². The zero-order valence-corrected chi connectivity index (χ0v) is 15.1. The van der Waals surface area contributed by atoms with Crippen molar-refractivity contribution in [1.82, 2.24) is 15.2 Å². The van der Waals surface area contributed by atoms with Gasteiger partial charge in [0.15, 0.2) is 20.6 Å². The first-order valence-corrected chi connectivity index (χ1v) is 9.74. The quantitative estimate of drug-likeness (QED) is 0.680. The highest BCUT2D eigenvalue weighted by Crippen LogP contribution is 2.43. The fourth-order valence-electron chi connectivity index (χ4n) is 2.91. The average molecular weight is 406 g/mol. The van der Waals surface area contributed by atoms with Crippen LogP contribution in [0.3, 0.4) is 0 Å². The molecule has 4 bridgehead atoms. The predicted molar refractivity (Wildman–Crippen MR) is 87.2 cm³/mol. The lowest BCUT2D eigenvalue weighted by Gasteiger charge is -2.26. The lowest BCUT2D eigenvalue weighted by Crippen LogP contribution is -2.42. The molecule has 2 aromatic heterocycles. The van der Waals surface area contributed by atoms with E-state index >= 15 is 0 Å². The second kappa shape index (κ2) is 6.44. The molecule has 1 aliphatic heterocycles. The summed E-state index contributed by atoms with van der Waals surface area (Å²) in [5, 5.41) is 16.8. The second-order valence-electron chi connectivity index (χ2n) is 6.45. The van der Waals surface area contributed by atoms with E-state index in [4.69, 9.17) is 10.2 Å². The summed E-state index contributed by atoms with van der Waals surface area (Å²) in [6.45, 7) is 1.51. The molecule has 8 nitrogen and oxygen atoms in total. The van der Waals surface area contributed by atoms with Crippen molar-refractivity contribution in [2.75, 3.05) is 11.5 Å². The number of rotatable bonds is 0. The minimum Gasteiger partial charge on any atom is -0.416 e. The molecule has 0 fully saturated rings. The largest absolute Gasteiger partial charge is 0.426 e. The standard InChI is InChI=1S/C15H17F3N4O4S/c1-8-7-9(19)10-11-21-22-13(26-11)14(23,15(16,17)18)5-3-2-4-6-27(24,25)12(8)20-10/h7,23H,2-6,19H2,1H3. The zero-order valence-electron chi connectivity index (χ0n) is 14.2. The smallest absolute Gasteiger partial charge is 0.416 e.